The first-order chi connectivity index (χ1) is 13.5. The second kappa shape index (κ2) is 9.30. The minimum absolute atomic E-state index is 0.00281. The van der Waals surface area contributed by atoms with Crippen molar-refractivity contribution in [2.45, 2.75) is 19.4 Å². The van der Waals surface area contributed by atoms with Gasteiger partial charge in [-0.25, -0.2) is 0 Å². The highest BCUT2D eigenvalue weighted by Gasteiger charge is 2.27. The van der Waals surface area contributed by atoms with Gasteiger partial charge in [0.2, 0.25) is 5.75 Å². The highest BCUT2D eigenvalue weighted by Crippen LogP contribution is 2.38. The van der Waals surface area contributed by atoms with Crippen molar-refractivity contribution in [3.8, 4) is 17.2 Å². The summed E-state index contributed by atoms with van der Waals surface area (Å²) in [5.41, 5.74) is 1.79. The molecule has 0 unspecified atom stereocenters. The molecule has 5 nitrogen and oxygen atoms in total. The number of hydrogen-bond donors (Lipinski definition) is 0. The molecule has 0 aromatic heterocycles. The van der Waals surface area contributed by atoms with Crippen molar-refractivity contribution in [2.24, 2.45) is 5.92 Å². The van der Waals surface area contributed by atoms with Crippen LogP contribution in [0.25, 0.3) is 0 Å². The molecule has 150 valence electrons. The Morgan fingerprint density at radius 1 is 1.07 bits per heavy atom. The fourth-order valence-electron chi connectivity index (χ4n) is 3.75. The van der Waals surface area contributed by atoms with Crippen LogP contribution in [0.15, 0.2) is 36.4 Å². The number of hydrogen-bond acceptors (Lipinski definition) is 5. The van der Waals surface area contributed by atoms with Crippen molar-refractivity contribution in [3.05, 3.63) is 52.5 Å². The van der Waals surface area contributed by atoms with Gasteiger partial charge in [-0.3, -0.25) is 9.69 Å². The van der Waals surface area contributed by atoms with Gasteiger partial charge in [-0.2, -0.15) is 0 Å². The van der Waals surface area contributed by atoms with Gasteiger partial charge in [0, 0.05) is 29.6 Å². The predicted octanol–water partition coefficient (Wildman–Crippen LogP) is 4.46. The number of likely N-dealkylation sites (tertiary alicyclic amines) is 1. The van der Waals surface area contributed by atoms with E-state index in [0.717, 1.165) is 43.6 Å². The van der Waals surface area contributed by atoms with Crippen LogP contribution in [0, 0.1) is 5.92 Å². The van der Waals surface area contributed by atoms with Gasteiger partial charge < -0.3 is 14.2 Å². The summed E-state index contributed by atoms with van der Waals surface area (Å²) in [7, 11) is 4.82. The summed E-state index contributed by atoms with van der Waals surface area (Å²) in [6.07, 6.45) is 1.90. The zero-order chi connectivity index (χ0) is 20.1. The zero-order valence-corrected chi connectivity index (χ0v) is 17.3. The number of Topliss-reactive ketones (excluding diaryl/α,β-unsaturated/α-hetero) is 1. The van der Waals surface area contributed by atoms with E-state index in [4.69, 9.17) is 25.8 Å². The molecule has 0 aliphatic carbocycles. The molecule has 1 heterocycles. The SMILES string of the molecule is COc1cc(CN2CCC[C@H](C(=O)c3ccc(Cl)cc3)C2)cc(OC)c1OC. The topological polar surface area (TPSA) is 48.0 Å². The van der Waals surface area contributed by atoms with Crippen LogP contribution in [0.5, 0.6) is 17.2 Å². The fraction of sp³-hybridized carbons (Fsp3) is 0.409. The molecule has 1 fully saturated rings. The average molecular weight is 404 g/mol. The van der Waals surface area contributed by atoms with Crippen LogP contribution in [0.2, 0.25) is 5.02 Å². The number of nitrogens with zero attached hydrogens (tertiary/aromatic N) is 1. The molecular weight excluding hydrogens is 378 g/mol. The number of piperidine rings is 1. The number of carbonyl (C=O) groups excluding carboxylic acids is 1. The lowest BCUT2D eigenvalue weighted by Gasteiger charge is -2.32. The quantitative estimate of drug-likeness (QED) is 0.639. The number of carbonyl (C=O) groups is 1. The number of ether oxygens (including phenoxy) is 3. The van der Waals surface area contributed by atoms with Crippen molar-refractivity contribution < 1.29 is 19.0 Å². The maximum atomic E-state index is 12.9. The largest absolute Gasteiger partial charge is 0.493 e. The number of benzene rings is 2. The van der Waals surface area contributed by atoms with Crippen LogP contribution in [0.4, 0.5) is 0 Å². The first kappa shape index (κ1) is 20.5. The first-order valence-corrected chi connectivity index (χ1v) is 9.74. The number of rotatable bonds is 7. The second-order valence-corrected chi connectivity index (χ2v) is 7.42. The minimum atomic E-state index is -0.00281. The molecule has 6 heteroatoms. The van der Waals surface area contributed by atoms with Crippen LogP contribution in [0.3, 0.4) is 0 Å². The lowest BCUT2D eigenvalue weighted by molar-refractivity contribution is 0.0811. The Kier molecular flexibility index (Phi) is 6.81. The van der Waals surface area contributed by atoms with Gasteiger partial charge in [0.15, 0.2) is 17.3 Å². The van der Waals surface area contributed by atoms with Crippen LogP contribution in [-0.2, 0) is 6.54 Å². The third-order valence-corrected chi connectivity index (χ3v) is 5.39. The molecule has 0 N–H and O–H groups in total. The van der Waals surface area contributed by atoms with Crippen LogP contribution in [0.1, 0.15) is 28.8 Å². The fourth-order valence-corrected chi connectivity index (χ4v) is 3.87. The summed E-state index contributed by atoms with van der Waals surface area (Å²) in [6, 6.07) is 11.1. The molecule has 1 aliphatic rings. The number of ketones is 1. The highest BCUT2D eigenvalue weighted by molar-refractivity contribution is 6.30. The third kappa shape index (κ3) is 4.59. The summed E-state index contributed by atoms with van der Waals surface area (Å²) in [5, 5.41) is 0.643. The van der Waals surface area contributed by atoms with Gasteiger partial charge >= 0.3 is 0 Å². The average Bonchev–Trinajstić information content (AvgIpc) is 2.73. The molecule has 0 saturated carbocycles. The van der Waals surface area contributed by atoms with E-state index in [-0.39, 0.29) is 11.7 Å². The second-order valence-electron chi connectivity index (χ2n) is 6.98. The molecule has 2 aromatic rings. The van der Waals surface area contributed by atoms with E-state index in [9.17, 15) is 4.79 Å². The molecule has 0 radical (unpaired) electrons. The summed E-state index contributed by atoms with van der Waals surface area (Å²) < 4.78 is 16.3. The van der Waals surface area contributed by atoms with E-state index in [1.165, 1.54) is 0 Å². The molecule has 0 bridgehead atoms. The Morgan fingerprint density at radius 3 is 2.29 bits per heavy atom. The first-order valence-electron chi connectivity index (χ1n) is 9.36. The van der Waals surface area contributed by atoms with Gasteiger partial charge in [0.1, 0.15) is 0 Å². The van der Waals surface area contributed by atoms with Gasteiger partial charge in [-0.15, -0.1) is 0 Å². The van der Waals surface area contributed by atoms with Crippen molar-refractivity contribution in [2.75, 3.05) is 34.4 Å². The molecule has 1 aliphatic heterocycles. The summed E-state index contributed by atoms with van der Waals surface area (Å²) in [5.74, 6) is 2.05. The monoisotopic (exact) mass is 403 g/mol. The zero-order valence-electron chi connectivity index (χ0n) is 16.5. The molecule has 3 rings (SSSR count). The highest BCUT2D eigenvalue weighted by atomic mass is 35.5. The van der Waals surface area contributed by atoms with Crippen molar-refractivity contribution in [3.63, 3.8) is 0 Å². The Labute approximate surface area is 171 Å². The van der Waals surface area contributed by atoms with E-state index in [1.807, 2.05) is 24.3 Å². The van der Waals surface area contributed by atoms with Gasteiger partial charge in [0.05, 0.1) is 21.3 Å². The van der Waals surface area contributed by atoms with Gasteiger partial charge in [-0.05, 0) is 61.3 Å². The summed E-state index contributed by atoms with van der Waals surface area (Å²) >= 11 is 5.94. The van der Waals surface area contributed by atoms with E-state index < -0.39 is 0 Å². The normalized spacial score (nSPS) is 17.2. The molecule has 28 heavy (non-hydrogen) atoms. The predicted molar refractivity (Wildman–Crippen MR) is 110 cm³/mol. The number of methoxy groups -OCH3 is 3. The van der Waals surface area contributed by atoms with Crippen LogP contribution in [-0.4, -0.2) is 45.1 Å². The lowest BCUT2D eigenvalue weighted by atomic mass is 9.90. The summed E-state index contributed by atoms with van der Waals surface area (Å²) in [6.45, 7) is 2.42. The van der Waals surface area contributed by atoms with E-state index in [1.54, 1.807) is 33.5 Å². The van der Waals surface area contributed by atoms with Gasteiger partial charge in [-0.1, -0.05) is 11.6 Å². The molecule has 1 saturated heterocycles. The van der Waals surface area contributed by atoms with Crippen molar-refractivity contribution >= 4 is 17.4 Å². The summed E-state index contributed by atoms with van der Waals surface area (Å²) in [4.78, 5) is 15.2. The minimum Gasteiger partial charge on any atom is -0.493 e. The molecule has 2 aromatic carbocycles. The number of halogens is 1. The molecule has 0 amide bonds. The molecular formula is C22H26ClNO4. The third-order valence-electron chi connectivity index (χ3n) is 5.14. The molecule has 1 atom stereocenters. The molecule has 0 spiro atoms. The van der Waals surface area contributed by atoms with E-state index in [2.05, 4.69) is 4.90 Å². The van der Waals surface area contributed by atoms with Crippen LogP contribution >= 0.6 is 11.6 Å². The standard InChI is InChI=1S/C22H26ClNO4/c1-26-19-11-15(12-20(27-2)22(19)28-3)13-24-10-4-5-17(14-24)21(25)16-6-8-18(23)9-7-16/h6-9,11-12,17H,4-5,10,13-14H2,1-3H3/t17-/m0/s1. The van der Waals surface area contributed by atoms with E-state index >= 15 is 0 Å². The van der Waals surface area contributed by atoms with Crippen LogP contribution < -0.4 is 14.2 Å². The van der Waals surface area contributed by atoms with Gasteiger partial charge in [0.25, 0.3) is 0 Å². The maximum absolute atomic E-state index is 12.9. The smallest absolute Gasteiger partial charge is 0.203 e. The Balaban J connectivity index is 1.73. The Bertz CT molecular complexity index is 797. The van der Waals surface area contributed by atoms with E-state index in [0.29, 0.717) is 22.3 Å². The lowest BCUT2D eigenvalue weighted by Crippen LogP contribution is -2.38. The Morgan fingerprint density at radius 2 is 1.71 bits per heavy atom. The maximum Gasteiger partial charge on any atom is 0.203 e. The van der Waals surface area contributed by atoms with Crippen molar-refractivity contribution in [1.29, 1.82) is 0 Å². The Hall–Kier alpha value is -2.24. The van der Waals surface area contributed by atoms with Crippen molar-refractivity contribution in [1.82, 2.24) is 4.90 Å².